The van der Waals surface area contributed by atoms with Crippen molar-refractivity contribution in [3.63, 3.8) is 0 Å². The van der Waals surface area contributed by atoms with Crippen molar-refractivity contribution in [3.05, 3.63) is 43.0 Å². The van der Waals surface area contributed by atoms with Gasteiger partial charge in [-0.05, 0) is 37.0 Å². The van der Waals surface area contributed by atoms with Crippen LogP contribution in [0.25, 0.3) is 22.4 Å². The number of aromatic nitrogens is 6. The van der Waals surface area contributed by atoms with E-state index in [-0.39, 0.29) is 0 Å². The van der Waals surface area contributed by atoms with Crippen molar-refractivity contribution >= 4 is 17.1 Å². The average Bonchev–Trinajstić information content (AvgIpc) is 3.18. The average molecular weight is 319 g/mol. The molecule has 0 radical (unpaired) electrons. The Morgan fingerprint density at radius 3 is 2.88 bits per heavy atom. The Kier molecular flexibility index (Phi) is 2.97. The highest BCUT2D eigenvalue weighted by molar-refractivity contribution is 5.78. The molecule has 4 aromatic heterocycles. The maximum atomic E-state index is 4.60. The number of imidazole rings is 1. The van der Waals surface area contributed by atoms with E-state index in [1.54, 1.807) is 10.7 Å². The lowest BCUT2D eigenvalue weighted by atomic mass is 9.85. The Bertz CT molecular complexity index is 1010. The van der Waals surface area contributed by atoms with Crippen LogP contribution >= 0.6 is 0 Å². The van der Waals surface area contributed by atoms with Crippen molar-refractivity contribution in [3.8, 4) is 11.3 Å². The van der Waals surface area contributed by atoms with Gasteiger partial charge in [-0.15, -0.1) is 5.10 Å². The van der Waals surface area contributed by atoms with Crippen LogP contribution in [0, 0.1) is 5.92 Å². The number of fused-ring (bicyclic) bond motifs is 2. The van der Waals surface area contributed by atoms with Gasteiger partial charge in [-0.1, -0.05) is 6.42 Å². The minimum Gasteiger partial charge on any atom is -0.353 e. The van der Waals surface area contributed by atoms with E-state index in [9.17, 15) is 0 Å². The van der Waals surface area contributed by atoms with Crippen LogP contribution in [0.1, 0.15) is 19.3 Å². The zero-order valence-electron chi connectivity index (χ0n) is 13.1. The van der Waals surface area contributed by atoms with Crippen LogP contribution in [-0.4, -0.2) is 35.7 Å². The summed E-state index contributed by atoms with van der Waals surface area (Å²) in [6.07, 6.45) is 11.4. The predicted molar refractivity (Wildman–Crippen MR) is 90.8 cm³/mol. The normalized spacial score (nSPS) is 15.0. The van der Waals surface area contributed by atoms with Crippen LogP contribution in [0.2, 0.25) is 0 Å². The molecule has 0 spiro atoms. The fourth-order valence-electron chi connectivity index (χ4n) is 3.09. The van der Waals surface area contributed by atoms with E-state index >= 15 is 0 Å². The van der Waals surface area contributed by atoms with Crippen LogP contribution in [0.5, 0.6) is 0 Å². The summed E-state index contributed by atoms with van der Waals surface area (Å²) in [7, 11) is 0. The minimum atomic E-state index is 0.676. The summed E-state index contributed by atoms with van der Waals surface area (Å²) >= 11 is 0. The highest BCUT2D eigenvalue weighted by atomic mass is 15.3. The molecular weight excluding hydrogens is 302 g/mol. The number of hydrogen-bond acceptors (Lipinski definition) is 5. The van der Waals surface area contributed by atoms with Gasteiger partial charge in [-0.2, -0.15) is 5.10 Å². The van der Waals surface area contributed by atoms with Crippen molar-refractivity contribution < 1.29 is 0 Å². The van der Waals surface area contributed by atoms with Gasteiger partial charge in [0.05, 0.1) is 17.4 Å². The van der Waals surface area contributed by atoms with Crippen LogP contribution < -0.4 is 5.32 Å². The molecule has 5 rings (SSSR count). The SMILES string of the molecule is c1cn2nc(-c3ccn4nc(NCC5CCC5)ncc34)ccc2n1. The summed E-state index contributed by atoms with van der Waals surface area (Å²) < 4.78 is 3.62. The van der Waals surface area contributed by atoms with Gasteiger partial charge in [0.15, 0.2) is 5.65 Å². The van der Waals surface area contributed by atoms with E-state index in [2.05, 4.69) is 25.5 Å². The fraction of sp³-hybridized carbons (Fsp3) is 0.294. The molecule has 120 valence electrons. The number of nitrogens with zero attached hydrogens (tertiary/aromatic N) is 6. The third-order valence-electron chi connectivity index (χ3n) is 4.72. The monoisotopic (exact) mass is 319 g/mol. The van der Waals surface area contributed by atoms with Gasteiger partial charge in [0.2, 0.25) is 5.95 Å². The second-order valence-electron chi connectivity index (χ2n) is 6.27. The Labute approximate surface area is 138 Å². The molecule has 0 unspecified atom stereocenters. The van der Waals surface area contributed by atoms with E-state index in [1.165, 1.54) is 19.3 Å². The van der Waals surface area contributed by atoms with Gasteiger partial charge in [0.1, 0.15) is 0 Å². The lowest BCUT2D eigenvalue weighted by Crippen LogP contribution is -2.22. The molecule has 7 heteroatoms. The summed E-state index contributed by atoms with van der Waals surface area (Å²) in [5, 5.41) is 12.5. The van der Waals surface area contributed by atoms with Gasteiger partial charge < -0.3 is 5.32 Å². The quantitative estimate of drug-likeness (QED) is 0.626. The van der Waals surface area contributed by atoms with Gasteiger partial charge in [-0.3, -0.25) is 0 Å². The smallest absolute Gasteiger partial charge is 0.241 e. The molecular formula is C17H17N7. The maximum absolute atomic E-state index is 4.60. The Morgan fingerprint density at radius 1 is 1.04 bits per heavy atom. The Balaban J connectivity index is 1.47. The zero-order valence-corrected chi connectivity index (χ0v) is 13.1. The first-order valence-corrected chi connectivity index (χ1v) is 8.26. The molecule has 1 aliphatic rings. The van der Waals surface area contributed by atoms with E-state index in [0.717, 1.165) is 34.9 Å². The molecule has 4 aromatic rings. The van der Waals surface area contributed by atoms with Crippen molar-refractivity contribution in [2.75, 3.05) is 11.9 Å². The van der Waals surface area contributed by atoms with Crippen LogP contribution in [0.3, 0.4) is 0 Å². The lowest BCUT2D eigenvalue weighted by molar-refractivity contribution is 0.333. The van der Waals surface area contributed by atoms with Crippen molar-refractivity contribution in [2.45, 2.75) is 19.3 Å². The first-order valence-electron chi connectivity index (χ1n) is 8.26. The van der Waals surface area contributed by atoms with Crippen LogP contribution in [0.15, 0.2) is 43.0 Å². The van der Waals surface area contributed by atoms with Crippen LogP contribution in [0.4, 0.5) is 5.95 Å². The minimum absolute atomic E-state index is 0.676. The highest BCUT2D eigenvalue weighted by Crippen LogP contribution is 2.26. The summed E-state index contributed by atoms with van der Waals surface area (Å²) in [5.74, 6) is 1.45. The highest BCUT2D eigenvalue weighted by Gasteiger charge is 2.17. The van der Waals surface area contributed by atoms with Gasteiger partial charge in [-0.25, -0.2) is 19.0 Å². The number of nitrogens with one attached hydrogen (secondary N) is 1. The van der Waals surface area contributed by atoms with Gasteiger partial charge in [0, 0.05) is 30.7 Å². The maximum Gasteiger partial charge on any atom is 0.241 e. The van der Waals surface area contributed by atoms with Gasteiger partial charge in [0.25, 0.3) is 0 Å². The third kappa shape index (κ3) is 2.20. The lowest BCUT2D eigenvalue weighted by Gasteiger charge is -2.25. The van der Waals surface area contributed by atoms with E-state index in [1.807, 2.05) is 41.3 Å². The second-order valence-corrected chi connectivity index (χ2v) is 6.27. The first kappa shape index (κ1) is 13.5. The van der Waals surface area contributed by atoms with Crippen LogP contribution in [-0.2, 0) is 0 Å². The number of hydrogen-bond donors (Lipinski definition) is 1. The summed E-state index contributed by atoms with van der Waals surface area (Å²) in [5.41, 5.74) is 3.66. The van der Waals surface area contributed by atoms with Crippen molar-refractivity contribution in [1.82, 2.24) is 29.2 Å². The molecule has 24 heavy (non-hydrogen) atoms. The molecule has 0 bridgehead atoms. The fourth-order valence-corrected chi connectivity index (χ4v) is 3.09. The molecule has 1 N–H and O–H groups in total. The molecule has 0 aliphatic heterocycles. The van der Waals surface area contributed by atoms with E-state index in [0.29, 0.717) is 5.95 Å². The number of anilines is 1. The zero-order chi connectivity index (χ0) is 15.9. The standard InChI is InChI=1S/C17H17N7/c1-2-12(3-1)10-19-17-20-11-15-13(6-8-23(15)22-17)14-4-5-16-18-7-9-24(16)21-14/h4-9,11-12H,1-3,10H2,(H,19,22). The topological polar surface area (TPSA) is 72.4 Å². The summed E-state index contributed by atoms with van der Waals surface area (Å²) in [6, 6.07) is 5.95. The molecule has 1 saturated carbocycles. The first-order chi connectivity index (χ1) is 11.9. The second kappa shape index (κ2) is 5.30. The van der Waals surface area contributed by atoms with E-state index < -0.39 is 0 Å². The largest absolute Gasteiger partial charge is 0.353 e. The molecule has 7 nitrogen and oxygen atoms in total. The predicted octanol–water partition coefficient (Wildman–Crippen LogP) is 2.65. The van der Waals surface area contributed by atoms with Crippen molar-refractivity contribution in [2.24, 2.45) is 5.92 Å². The Hall–Kier alpha value is -2.96. The molecule has 4 heterocycles. The molecule has 1 fully saturated rings. The third-order valence-corrected chi connectivity index (χ3v) is 4.72. The molecule has 0 saturated heterocycles. The Morgan fingerprint density at radius 2 is 2.00 bits per heavy atom. The van der Waals surface area contributed by atoms with E-state index in [4.69, 9.17) is 0 Å². The van der Waals surface area contributed by atoms with Gasteiger partial charge >= 0.3 is 0 Å². The molecule has 0 atom stereocenters. The molecule has 0 amide bonds. The molecule has 0 aromatic carbocycles. The summed E-state index contributed by atoms with van der Waals surface area (Å²) in [6.45, 7) is 0.957. The number of rotatable bonds is 4. The molecule has 1 aliphatic carbocycles. The van der Waals surface area contributed by atoms with Crippen molar-refractivity contribution in [1.29, 1.82) is 0 Å². The summed E-state index contributed by atoms with van der Waals surface area (Å²) in [4.78, 5) is 8.68.